The van der Waals surface area contributed by atoms with E-state index in [0.717, 1.165) is 10.1 Å². The quantitative estimate of drug-likeness (QED) is 0.573. The second-order valence-electron chi connectivity index (χ2n) is 6.27. The van der Waals surface area contributed by atoms with Crippen molar-refractivity contribution < 1.29 is 13.6 Å². The third-order valence-electron chi connectivity index (χ3n) is 4.18. The maximum Gasteiger partial charge on any atom is 0.280 e. The Bertz CT molecular complexity index is 1140. The molecule has 0 spiro atoms. The zero-order chi connectivity index (χ0) is 19.7. The van der Waals surface area contributed by atoms with Crippen molar-refractivity contribution in [1.82, 2.24) is 24.4 Å². The van der Waals surface area contributed by atoms with Crippen LogP contribution in [0.25, 0.3) is 5.65 Å². The SMILES string of the molecule is Cc1cc(C(F)F)n2ncc(C(=O)Nc3cccc(Cn4cccn4)c3)c2n1. The molecule has 28 heavy (non-hydrogen) atoms. The van der Waals surface area contributed by atoms with E-state index in [4.69, 9.17) is 0 Å². The monoisotopic (exact) mass is 382 g/mol. The molecule has 4 aromatic rings. The Hall–Kier alpha value is -3.62. The van der Waals surface area contributed by atoms with Crippen LogP contribution in [0, 0.1) is 6.92 Å². The number of halogens is 2. The van der Waals surface area contributed by atoms with E-state index in [-0.39, 0.29) is 16.9 Å². The van der Waals surface area contributed by atoms with Gasteiger partial charge in [-0.3, -0.25) is 9.48 Å². The molecule has 1 amide bonds. The van der Waals surface area contributed by atoms with Crippen molar-refractivity contribution in [2.75, 3.05) is 5.32 Å². The predicted octanol–water partition coefficient (Wildman–Crippen LogP) is 3.47. The van der Waals surface area contributed by atoms with Gasteiger partial charge >= 0.3 is 0 Å². The molecule has 1 aromatic carbocycles. The fourth-order valence-electron chi connectivity index (χ4n) is 2.96. The first-order valence-electron chi connectivity index (χ1n) is 8.52. The van der Waals surface area contributed by atoms with Gasteiger partial charge in [0.1, 0.15) is 11.3 Å². The third kappa shape index (κ3) is 3.46. The first kappa shape index (κ1) is 17.8. The summed E-state index contributed by atoms with van der Waals surface area (Å²) in [6.07, 6.45) is 2.06. The molecule has 0 aliphatic carbocycles. The zero-order valence-corrected chi connectivity index (χ0v) is 14.9. The van der Waals surface area contributed by atoms with Crippen molar-refractivity contribution in [2.24, 2.45) is 0 Å². The minimum absolute atomic E-state index is 0.0977. The van der Waals surface area contributed by atoms with Gasteiger partial charge in [0.2, 0.25) is 0 Å². The Kier molecular flexibility index (Phi) is 4.56. The van der Waals surface area contributed by atoms with Crippen LogP contribution in [-0.4, -0.2) is 30.3 Å². The molecule has 0 aliphatic rings. The standard InChI is InChI=1S/C19H16F2N6O/c1-12-8-16(17(20)21)27-18(24-12)15(10-23-27)19(28)25-14-5-2-4-13(9-14)11-26-7-3-6-22-26/h2-10,17H,11H2,1H3,(H,25,28). The molecule has 7 nitrogen and oxygen atoms in total. The van der Waals surface area contributed by atoms with Crippen molar-refractivity contribution in [3.63, 3.8) is 0 Å². The van der Waals surface area contributed by atoms with Gasteiger partial charge in [-0.2, -0.15) is 10.2 Å². The highest BCUT2D eigenvalue weighted by Gasteiger charge is 2.20. The second-order valence-corrected chi connectivity index (χ2v) is 6.27. The first-order chi connectivity index (χ1) is 13.5. The molecule has 3 aromatic heterocycles. The summed E-state index contributed by atoms with van der Waals surface area (Å²) >= 11 is 0. The molecule has 9 heteroatoms. The number of benzene rings is 1. The highest BCUT2D eigenvalue weighted by molar-refractivity contribution is 6.08. The average molecular weight is 382 g/mol. The van der Waals surface area contributed by atoms with Gasteiger partial charge in [-0.25, -0.2) is 18.3 Å². The highest BCUT2D eigenvalue weighted by atomic mass is 19.3. The van der Waals surface area contributed by atoms with Crippen LogP contribution in [-0.2, 0) is 6.54 Å². The molecule has 1 N–H and O–H groups in total. The minimum atomic E-state index is -2.72. The summed E-state index contributed by atoms with van der Waals surface area (Å²) in [7, 11) is 0. The maximum atomic E-state index is 13.2. The number of alkyl halides is 2. The van der Waals surface area contributed by atoms with Gasteiger partial charge in [0.25, 0.3) is 12.3 Å². The lowest BCUT2D eigenvalue weighted by Crippen LogP contribution is -2.13. The number of aromatic nitrogens is 5. The molecule has 0 saturated heterocycles. The number of hydrogen-bond donors (Lipinski definition) is 1. The second kappa shape index (κ2) is 7.18. The van der Waals surface area contributed by atoms with E-state index in [0.29, 0.717) is 17.9 Å². The Morgan fingerprint density at radius 2 is 2.07 bits per heavy atom. The van der Waals surface area contributed by atoms with Gasteiger partial charge in [-0.05, 0) is 36.8 Å². The van der Waals surface area contributed by atoms with E-state index in [1.165, 1.54) is 12.3 Å². The number of hydrogen-bond acceptors (Lipinski definition) is 4. The van der Waals surface area contributed by atoms with E-state index >= 15 is 0 Å². The summed E-state index contributed by atoms with van der Waals surface area (Å²) in [6.45, 7) is 2.16. The molecule has 4 rings (SSSR count). The largest absolute Gasteiger partial charge is 0.322 e. The number of amides is 1. The number of fused-ring (bicyclic) bond motifs is 1. The molecule has 0 bridgehead atoms. The van der Waals surface area contributed by atoms with Crippen LogP contribution in [0.2, 0.25) is 0 Å². The summed E-state index contributed by atoms with van der Waals surface area (Å²) in [5.41, 5.74) is 1.84. The Balaban J connectivity index is 1.61. The van der Waals surface area contributed by atoms with Gasteiger partial charge in [-0.1, -0.05) is 12.1 Å². The molecule has 0 saturated carbocycles. The fraction of sp³-hybridized carbons (Fsp3) is 0.158. The smallest absolute Gasteiger partial charge is 0.280 e. The van der Waals surface area contributed by atoms with Gasteiger partial charge < -0.3 is 5.32 Å². The molecular formula is C19H16F2N6O. The van der Waals surface area contributed by atoms with Crippen LogP contribution in [0.1, 0.15) is 33.7 Å². The predicted molar refractivity (Wildman–Crippen MR) is 98.4 cm³/mol. The summed E-state index contributed by atoms with van der Waals surface area (Å²) < 4.78 is 29.2. The lowest BCUT2D eigenvalue weighted by Gasteiger charge is -2.08. The van der Waals surface area contributed by atoms with Crippen molar-refractivity contribution in [3.8, 4) is 0 Å². The molecule has 0 aliphatic heterocycles. The van der Waals surface area contributed by atoms with Crippen LogP contribution in [0.3, 0.4) is 0 Å². The minimum Gasteiger partial charge on any atom is -0.322 e. The lowest BCUT2D eigenvalue weighted by molar-refractivity contribution is 0.102. The Morgan fingerprint density at radius 1 is 1.21 bits per heavy atom. The van der Waals surface area contributed by atoms with Gasteiger partial charge in [0.05, 0.1) is 12.7 Å². The van der Waals surface area contributed by atoms with Crippen molar-refractivity contribution in [3.05, 3.63) is 77.5 Å². The number of rotatable bonds is 5. The van der Waals surface area contributed by atoms with Crippen LogP contribution < -0.4 is 5.32 Å². The maximum absolute atomic E-state index is 13.2. The van der Waals surface area contributed by atoms with E-state index in [1.807, 2.05) is 30.5 Å². The van der Waals surface area contributed by atoms with Crippen molar-refractivity contribution in [2.45, 2.75) is 19.9 Å². The van der Waals surface area contributed by atoms with Crippen LogP contribution in [0.15, 0.2) is 55.0 Å². The van der Waals surface area contributed by atoms with Gasteiger partial charge in [0.15, 0.2) is 5.65 Å². The van der Waals surface area contributed by atoms with E-state index in [1.54, 1.807) is 23.9 Å². The number of aryl methyl sites for hydroxylation is 1. The zero-order valence-electron chi connectivity index (χ0n) is 14.9. The van der Waals surface area contributed by atoms with Gasteiger partial charge in [-0.15, -0.1) is 0 Å². The lowest BCUT2D eigenvalue weighted by atomic mass is 10.2. The number of nitrogens with zero attached hydrogens (tertiary/aromatic N) is 5. The first-order valence-corrected chi connectivity index (χ1v) is 8.52. The molecule has 0 fully saturated rings. The van der Waals surface area contributed by atoms with E-state index in [9.17, 15) is 13.6 Å². The summed E-state index contributed by atoms with van der Waals surface area (Å²) in [5, 5.41) is 10.8. The Labute approximate surface area is 158 Å². The van der Waals surface area contributed by atoms with Crippen LogP contribution in [0.5, 0.6) is 0 Å². The molecule has 3 heterocycles. The molecule has 142 valence electrons. The normalized spacial score (nSPS) is 11.3. The molecular weight excluding hydrogens is 366 g/mol. The number of anilines is 1. The average Bonchev–Trinajstić information content (AvgIpc) is 3.30. The fourth-order valence-corrected chi connectivity index (χ4v) is 2.96. The summed E-state index contributed by atoms with van der Waals surface area (Å²) in [5.74, 6) is -0.468. The van der Waals surface area contributed by atoms with E-state index in [2.05, 4.69) is 20.5 Å². The topological polar surface area (TPSA) is 77.1 Å². The number of carbonyl (C=O) groups excluding carboxylic acids is 1. The molecule has 0 radical (unpaired) electrons. The van der Waals surface area contributed by atoms with Crippen LogP contribution >= 0.6 is 0 Å². The molecule has 0 unspecified atom stereocenters. The Morgan fingerprint density at radius 3 is 2.82 bits per heavy atom. The van der Waals surface area contributed by atoms with Gasteiger partial charge in [0, 0.05) is 23.8 Å². The van der Waals surface area contributed by atoms with Crippen molar-refractivity contribution in [1.29, 1.82) is 0 Å². The van der Waals surface area contributed by atoms with E-state index < -0.39 is 12.3 Å². The number of carbonyl (C=O) groups is 1. The highest BCUT2D eigenvalue weighted by Crippen LogP contribution is 2.22. The summed E-state index contributed by atoms with van der Waals surface area (Å²) in [6, 6.07) is 10.4. The number of nitrogens with one attached hydrogen (secondary N) is 1. The van der Waals surface area contributed by atoms with Crippen LogP contribution in [0.4, 0.5) is 14.5 Å². The summed E-state index contributed by atoms with van der Waals surface area (Å²) in [4.78, 5) is 16.9. The third-order valence-corrected chi connectivity index (χ3v) is 4.18. The van der Waals surface area contributed by atoms with Crippen molar-refractivity contribution >= 4 is 17.2 Å². The molecule has 0 atom stereocenters.